The number of thioether (sulfide) groups is 1. The zero-order valence-corrected chi connectivity index (χ0v) is 8.36. The first-order valence-electron chi connectivity index (χ1n) is 4.63. The van der Waals surface area contributed by atoms with Crippen LogP contribution in [0.25, 0.3) is 0 Å². The highest BCUT2D eigenvalue weighted by atomic mass is 32.2. The standard InChI is InChI=1S/C9H19NS/c1-3-7(2)11-9-5-4-8(10)6-9/h7-9H,3-6,10H2,1-2H3. The molecule has 0 spiro atoms. The van der Waals surface area contributed by atoms with E-state index < -0.39 is 0 Å². The van der Waals surface area contributed by atoms with Gasteiger partial charge in [0, 0.05) is 16.5 Å². The summed E-state index contributed by atoms with van der Waals surface area (Å²) in [6.45, 7) is 4.57. The summed E-state index contributed by atoms with van der Waals surface area (Å²) in [7, 11) is 0. The normalized spacial score (nSPS) is 34.1. The van der Waals surface area contributed by atoms with Gasteiger partial charge >= 0.3 is 0 Å². The van der Waals surface area contributed by atoms with Crippen molar-refractivity contribution < 1.29 is 0 Å². The highest BCUT2D eigenvalue weighted by Crippen LogP contribution is 2.32. The van der Waals surface area contributed by atoms with E-state index in [0.29, 0.717) is 6.04 Å². The van der Waals surface area contributed by atoms with Crippen LogP contribution in [0.4, 0.5) is 0 Å². The Morgan fingerprint density at radius 1 is 1.55 bits per heavy atom. The number of rotatable bonds is 3. The molecular formula is C9H19NS. The van der Waals surface area contributed by atoms with Crippen LogP contribution in [0.5, 0.6) is 0 Å². The molecule has 2 N–H and O–H groups in total. The molecular weight excluding hydrogens is 154 g/mol. The third kappa shape index (κ3) is 3.04. The molecule has 0 aromatic carbocycles. The maximum Gasteiger partial charge on any atom is 0.00650 e. The first-order chi connectivity index (χ1) is 5.22. The van der Waals surface area contributed by atoms with E-state index in [-0.39, 0.29) is 0 Å². The van der Waals surface area contributed by atoms with Crippen molar-refractivity contribution in [1.82, 2.24) is 0 Å². The monoisotopic (exact) mass is 173 g/mol. The van der Waals surface area contributed by atoms with Crippen molar-refractivity contribution in [2.75, 3.05) is 0 Å². The molecule has 0 aromatic heterocycles. The Labute approximate surface area is 74.1 Å². The molecule has 1 saturated carbocycles. The van der Waals surface area contributed by atoms with E-state index in [2.05, 4.69) is 25.6 Å². The zero-order chi connectivity index (χ0) is 8.27. The van der Waals surface area contributed by atoms with Gasteiger partial charge < -0.3 is 5.73 Å². The highest BCUT2D eigenvalue weighted by Gasteiger charge is 2.22. The lowest BCUT2D eigenvalue weighted by molar-refractivity contribution is 0.705. The highest BCUT2D eigenvalue weighted by molar-refractivity contribution is 8.00. The smallest absolute Gasteiger partial charge is 0.00650 e. The van der Waals surface area contributed by atoms with E-state index in [1.807, 2.05) is 0 Å². The Morgan fingerprint density at radius 2 is 2.27 bits per heavy atom. The van der Waals surface area contributed by atoms with Gasteiger partial charge in [-0.2, -0.15) is 11.8 Å². The van der Waals surface area contributed by atoms with Crippen LogP contribution in [0.2, 0.25) is 0 Å². The minimum atomic E-state index is 0.497. The summed E-state index contributed by atoms with van der Waals surface area (Å²) in [5.74, 6) is 0. The topological polar surface area (TPSA) is 26.0 Å². The molecule has 3 atom stereocenters. The molecule has 66 valence electrons. The van der Waals surface area contributed by atoms with Crippen molar-refractivity contribution >= 4 is 11.8 Å². The van der Waals surface area contributed by atoms with E-state index in [0.717, 1.165) is 10.5 Å². The summed E-state index contributed by atoms with van der Waals surface area (Å²) in [5.41, 5.74) is 5.83. The summed E-state index contributed by atoms with van der Waals surface area (Å²) in [5, 5.41) is 1.69. The van der Waals surface area contributed by atoms with Crippen LogP contribution in [0, 0.1) is 0 Å². The minimum absolute atomic E-state index is 0.497. The van der Waals surface area contributed by atoms with Crippen molar-refractivity contribution in [3.63, 3.8) is 0 Å². The van der Waals surface area contributed by atoms with Gasteiger partial charge in [-0.1, -0.05) is 13.8 Å². The van der Waals surface area contributed by atoms with Gasteiger partial charge in [0.1, 0.15) is 0 Å². The molecule has 0 aliphatic heterocycles. The fraction of sp³-hybridized carbons (Fsp3) is 1.00. The van der Waals surface area contributed by atoms with Crippen molar-refractivity contribution in [3.8, 4) is 0 Å². The maximum atomic E-state index is 5.83. The number of hydrogen-bond donors (Lipinski definition) is 1. The Balaban J connectivity index is 2.17. The second kappa shape index (κ2) is 4.36. The average Bonchev–Trinajstić information content (AvgIpc) is 2.35. The van der Waals surface area contributed by atoms with Crippen LogP contribution < -0.4 is 5.73 Å². The molecule has 0 saturated heterocycles. The molecule has 0 bridgehead atoms. The lowest BCUT2D eigenvalue weighted by atomic mass is 10.3. The van der Waals surface area contributed by atoms with Gasteiger partial charge in [0.2, 0.25) is 0 Å². The van der Waals surface area contributed by atoms with Crippen LogP contribution in [0.15, 0.2) is 0 Å². The first kappa shape index (κ1) is 9.40. The van der Waals surface area contributed by atoms with Gasteiger partial charge in [-0.05, 0) is 25.7 Å². The summed E-state index contributed by atoms with van der Waals surface area (Å²) < 4.78 is 0. The van der Waals surface area contributed by atoms with Crippen molar-refractivity contribution in [2.45, 2.75) is 56.1 Å². The average molecular weight is 173 g/mol. The van der Waals surface area contributed by atoms with Gasteiger partial charge in [0.15, 0.2) is 0 Å². The van der Waals surface area contributed by atoms with Crippen molar-refractivity contribution in [2.24, 2.45) is 5.73 Å². The Bertz CT molecular complexity index is 116. The summed E-state index contributed by atoms with van der Waals surface area (Å²) in [6, 6.07) is 0.497. The van der Waals surface area contributed by atoms with Crippen LogP contribution in [-0.2, 0) is 0 Å². The van der Waals surface area contributed by atoms with E-state index in [1.54, 1.807) is 0 Å². The maximum absolute atomic E-state index is 5.83. The molecule has 1 fully saturated rings. The van der Waals surface area contributed by atoms with Crippen molar-refractivity contribution in [3.05, 3.63) is 0 Å². The fourth-order valence-corrected chi connectivity index (χ4v) is 3.00. The van der Waals surface area contributed by atoms with Crippen LogP contribution in [0.3, 0.4) is 0 Å². The largest absolute Gasteiger partial charge is 0.328 e. The van der Waals surface area contributed by atoms with Gasteiger partial charge in [-0.3, -0.25) is 0 Å². The second-order valence-electron chi connectivity index (χ2n) is 3.55. The molecule has 0 amide bonds. The van der Waals surface area contributed by atoms with E-state index >= 15 is 0 Å². The Hall–Kier alpha value is 0.310. The SMILES string of the molecule is CCC(C)SC1CCC(N)C1. The molecule has 0 aromatic rings. The third-order valence-electron chi connectivity index (χ3n) is 2.42. The zero-order valence-electron chi connectivity index (χ0n) is 7.55. The molecule has 11 heavy (non-hydrogen) atoms. The van der Waals surface area contributed by atoms with E-state index in [1.165, 1.54) is 25.7 Å². The predicted molar refractivity (Wildman–Crippen MR) is 53.0 cm³/mol. The summed E-state index contributed by atoms with van der Waals surface area (Å²) in [4.78, 5) is 0. The van der Waals surface area contributed by atoms with Gasteiger partial charge in [0.05, 0.1) is 0 Å². The first-order valence-corrected chi connectivity index (χ1v) is 5.57. The lowest BCUT2D eigenvalue weighted by Gasteiger charge is -2.13. The number of nitrogens with two attached hydrogens (primary N) is 1. The van der Waals surface area contributed by atoms with Gasteiger partial charge in [-0.25, -0.2) is 0 Å². The second-order valence-corrected chi connectivity index (χ2v) is 5.29. The van der Waals surface area contributed by atoms with E-state index in [4.69, 9.17) is 5.73 Å². The molecule has 1 nitrogen and oxygen atoms in total. The van der Waals surface area contributed by atoms with Crippen LogP contribution in [-0.4, -0.2) is 16.5 Å². The molecule has 0 heterocycles. The van der Waals surface area contributed by atoms with Crippen LogP contribution >= 0.6 is 11.8 Å². The van der Waals surface area contributed by atoms with Gasteiger partial charge in [0.25, 0.3) is 0 Å². The predicted octanol–water partition coefficient (Wildman–Crippen LogP) is 2.40. The Morgan fingerprint density at radius 3 is 2.73 bits per heavy atom. The lowest BCUT2D eigenvalue weighted by Crippen LogP contribution is -2.15. The molecule has 1 rings (SSSR count). The number of hydrogen-bond acceptors (Lipinski definition) is 2. The fourth-order valence-electron chi connectivity index (χ4n) is 1.52. The summed E-state index contributed by atoms with van der Waals surface area (Å²) in [6.07, 6.45) is 5.12. The van der Waals surface area contributed by atoms with Gasteiger partial charge in [-0.15, -0.1) is 0 Å². The molecule has 0 radical (unpaired) electrons. The minimum Gasteiger partial charge on any atom is -0.328 e. The van der Waals surface area contributed by atoms with E-state index in [9.17, 15) is 0 Å². The Kier molecular flexibility index (Phi) is 3.73. The quantitative estimate of drug-likeness (QED) is 0.709. The van der Waals surface area contributed by atoms with Crippen molar-refractivity contribution in [1.29, 1.82) is 0 Å². The molecule has 2 heteroatoms. The van der Waals surface area contributed by atoms with Crippen LogP contribution in [0.1, 0.15) is 39.5 Å². The molecule has 1 aliphatic carbocycles. The molecule has 3 unspecified atom stereocenters. The summed E-state index contributed by atoms with van der Waals surface area (Å²) >= 11 is 2.13. The third-order valence-corrected chi connectivity index (χ3v) is 4.04. The molecule has 1 aliphatic rings.